The summed E-state index contributed by atoms with van der Waals surface area (Å²) >= 11 is 0. The number of pyridine rings is 1. The molecular weight excluding hydrogens is 242 g/mol. The lowest BCUT2D eigenvalue weighted by atomic mass is 10.3. The molecule has 2 heterocycles. The van der Waals surface area contributed by atoms with E-state index in [2.05, 4.69) is 20.7 Å². The fourth-order valence-electron chi connectivity index (χ4n) is 1.96. The molecule has 0 bridgehead atoms. The maximum absolute atomic E-state index is 11.4. The topological polar surface area (TPSA) is 71.3 Å². The molecule has 0 saturated heterocycles. The highest BCUT2D eigenvalue weighted by atomic mass is 16.2. The minimum Gasteiger partial charge on any atom is -0.354 e. The molecule has 100 valence electrons. The van der Waals surface area contributed by atoms with Gasteiger partial charge in [0.05, 0.1) is 0 Å². The molecule has 1 saturated carbocycles. The molecule has 1 amide bonds. The van der Waals surface area contributed by atoms with E-state index in [0.717, 1.165) is 24.1 Å². The number of carbonyl (C=O) groups is 1. The molecule has 0 atom stereocenters. The lowest BCUT2D eigenvalue weighted by molar-refractivity contribution is -0.122. The van der Waals surface area contributed by atoms with Crippen LogP contribution in [-0.2, 0) is 4.79 Å². The molecule has 6 nitrogen and oxygen atoms in total. The molecular formula is C13H17N5O. The van der Waals surface area contributed by atoms with Crippen LogP contribution in [0.25, 0.3) is 5.65 Å². The summed E-state index contributed by atoms with van der Waals surface area (Å²) in [5.41, 5.74) is 1.94. The Bertz CT molecular complexity index is 602. The van der Waals surface area contributed by atoms with E-state index in [-0.39, 0.29) is 11.8 Å². The summed E-state index contributed by atoms with van der Waals surface area (Å²) in [6.45, 7) is 3.24. The molecule has 0 radical (unpaired) electrons. The molecule has 1 aliphatic rings. The van der Waals surface area contributed by atoms with Crippen molar-refractivity contribution in [3.05, 3.63) is 23.9 Å². The van der Waals surface area contributed by atoms with E-state index in [4.69, 9.17) is 0 Å². The smallest absolute Gasteiger partial charge is 0.243 e. The second-order valence-corrected chi connectivity index (χ2v) is 4.89. The van der Waals surface area contributed by atoms with E-state index in [1.54, 1.807) is 4.52 Å². The fourth-order valence-corrected chi connectivity index (χ4v) is 1.96. The number of hydrogen-bond acceptors (Lipinski definition) is 4. The SMILES string of the molecule is Cc1cccn2nc(NCCNC(=O)C3CC3)nc12. The van der Waals surface area contributed by atoms with Crippen LogP contribution < -0.4 is 10.6 Å². The van der Waals surface area contributed by atoms with E-state index in [9.17, 15) is 4.79 Å². The van der Waals surface area contributed by atoms with E-state index in [1.165, 1.54) is 0 Å². The number of aromatic nitrogens is 3. The van der Waals surface area contributed by atoms with Crippen LogP contribution in [0.2, 0.25) is 0 Å². The lowest BCUT2D eigenvalue weighted by Crippen LogP contribution is -2.29. The molecule has 2 aromatic rings. The number of amides is 1. The van der Waals surface area contributed by atoms with Gasteiger partial charge in [-0.05, 0) is 31.4 Å². The maximum Gasteiger partial charge on any atom is 0.243 e. The minimum atomic E-state index is 0.167. The molecule has 1 fully saturated rings. The van der Waals surface area contributed by atoms with Crippen molar-refractivity contribution in [2.75, 3.05) is 18.4 Å². The Balaban J connectivity index is 1.53. The van der Waals surface area contributed by atoms with Crippen molar-refractivity contribution >= 4 is 17.5 Å². The van der Waals surface area contributed by atoms with Crippen LogP contribution in [-0.4, -0.2) is 33.6 Å². The first-order chi connectivity index (χ1) is 9.24. The third-order valence-corrected chi connectivity index (χ3v) is 3.21. The van der Waals surface area contributed by atoms with Crippen molar-refractivity contribution in [2.24, 2.45) is 5.92 Å². The standard InChI is InChI=1S/C13H17N5O/c1-9-3-2-8-18-11(9)16-13(17-18)15-7-6-14-12(19)10-4-5-10/h2-3,8,10H,4-7H2,1H3,(H,14,19)(H,15,17). The molecule has 19 heavy (non-hydrogen) atoms. The summed E-state index contributed by atoms with van der Waals surface area (Å²) in [4.78, 5) is 15.8. The van der Waals surface area contributed by atoms with Crippen molar-refractivity contribution in [3.8, 4) is 0 Å². The zero-order valence-electron chi connectivity index (χ0n) is 10.9. The maximum atomic E-state index is 11.4. The van der Waals surface area contributed by atoms with Gasteiger partial charge in [0.2, 0.25) is 11.9 Å². The molecule has 6 heteroatoms. The minimum absolute atomic E-state index is 0.167. The Hall–Kier alpha value is -2.11. The van der Waals surface area contributed by atoms with Crippen LogP contribution in [0, 0.1) is 12.8 Å². The first kappa shape index (κ1) is 12.0. The monoisotopic (exact) mass is 259 g/mol. The summed E-state index contributed by atoms with van der Waals surface area (Å²) in [7, 11) is 0. The number of fused-ring (bicyclic) bond motifs is 1. The van der Waals surface area contributed by atoms with E-state index >= 15 is 0 Å². The predicted octanol–water partition coefficient (Wildman–Crippen LogP) is 0.976. The van der Waals surface area contributed by atoms with Gasteiger partial charge in [-0.1, -0.05) is 6.07 Å². The number of nitrogens with one attached hydrogen (secondary N) is 2. The Labute approximate surface area is 111 Å². The molecule has 0 aliphatic heterocycles. The number of anilines is 1. The third kappa shape index (κ3) is 2.67. The molecule has 3 rings (SSSR count). The first-order valence-electron chi connectivity index (χ1n) is 6.57. The van der Waals surface area contributed by atoms with E-state index < -0.39 is 0 Å². The highest BCUT2D eigenvalue weighted by molar-refractivity contribution is 5.80. The fraction of sp³-hybridized carbons (Fsp3) is 0.462. The predicted molar refractivity (Wildman–Crippen MR) is 71.9 cm³/mol. The van der Waals surface area contributed by atoms with Gasteiger partial charge >= 0.3 is 0 Å². The summed E-state index contributed by atoms with van der Waals surface area (Å²) in [6, 6.07) is 3.94. The van der Waals surface area contributed by atoms with Gasteiger partial charge in [0.25, 0.3) is 0 Å². The normalized spacial score (nSPS) is 14.6. The second-order valence-electron chi connectivity index (χ2n) is 4.89. The van der Waals surface area contributed by atoms with Crippen molar-refractivity contribution < 1.29 is 4.79 Å². The largest absolute Gasteiger partial charge is 0.354 e. The first-order valence-corrected chi connectivity index (χ1v) is 6.57. The quantitative estimate of drug-likeness (QED) is 0.785. The molecule has 0 aromatic carbocycles. The summed E-state index contributed by atoms with van der Waals surface area (Å²) in [5, 5.41) is 10.3. The molecule has 2 aromatic heterocycles. The van der Waals surface area contributed by atoms with Gasteiger partial charge in [-0.15, -0.1) is 5.10 Å². The van der Waals surface area contributed by atoms with E-state index in [1.807, 2.05) is 25.3 Å². The van der Waals surface area contributed by atoms with Gasteiger partial charge in [-0.3, -0.25) is 4.79 Å². The zero-order chi connectivity index (χ0) is 13.2. The molecule has 2 N–H and O–H groups in total. The van der Waals surface area contributed by atoms with E-state index in [0.29, 0.717) is 19.0 Å². The highest BCUT2D eigenvalue weighted by Gasteiger charge is 2.28. The Morgan fingerprint density at radius 1 is 1.47 bits per heavy atom. The summed E-state index contributed by atoms with van der Waals surface area (Å²) in [6.07, 6.45) is 3.94. The van der Waals surface area contributed by atoms with Gasteiger partial charge in [0.1, 0.15) is 0 Å². The Kier molecular flexibility index (Phi) is 3.06. The van der Waals surface area contributed by atoms with Gasteiger partial charge in [-0.25, -0.2) is 4.52 Å². The summed E-state index contributed by atoms with van der Waals surface area (Å²) < 4.78 is 1.75. The van der Waals surface area contributed by atoms with Gasteiger partial charge < -0.3 is 10.6 Å². The summed E-state index contributed by atoms with van der Waals surface area (Å²) in [5.74, 6) is 1.02. The number of hydrogen-bond donors (Lipinski definition) is 2. The average Bonchev–Trinajstić information content (AvgIpc) is 3.16. The van der Waals surface area contributed by atoms with Gasteiger partial charge in [-0.2, -0.15) is 4.98 Å². The van der Waals surface area contributed by atoms with Crippen LogP contribution in [0.5, 0.6) is 0 Å². The molecule has 0 unspecified atom stereocenters. The van der Waals surface area contributed by atoms with Crippen molar-refractivity contribution in [3.63, 3.8) is 0 Å². The van der Waals surface area contributed by atoms with Crippen molar-refractivity contribution in [2.45, 2.75) is 19.8 Å². The van der Waals surface area contributed by atoms with Crippen LogP contribution in [0.3, 0.4) is 0 Å². The van der Waals surface area contributed by atoms with Crippen molar-refractivity contribution in [1.82, 2.24) is 19.9 Å². The third-order valence-electron chi connectivity index (χ3n) is 3.21. The number of rotatable bonds is 5. The Morgan fingerprint density at radius 3 is 3.05 bits per heavy atom. The number of nitrogens with zero attached hydrogens (tertiary/aromatic N) is 3. The average molecular weight is 259 g/mol. The van der Waals surface area contributed by atoms with Crippen LogP contribution in [0.1, 0.15) is 18.4 Å². The Morgan fingerprint density at radius 2 is 2.32 bits per heavy atom. The zero-order valence-corrected chi connectivity index (χ0v) is 10.9. The molecule has 1 aliphatic carbocycles. The number of aryl methyl sites for hydroxylation is 1. The highest BCUT2D eigenvalue weighted by Crippen LogP contribution is 2.28. The second kappa shape index (κ2) is 4.87. The molecule has 0 spiro atoms. The lowest BCUT2D eigenvalue weighted by Gasteiger charge is -2.03. The van der Waals surface area contributed by atoms with Gasteiger partial charge in [0, 0.05) is 25.2 Å². The van der Waals surface area contributed by atoms with Crippen molar-refractivity contribution in [1.29, 1.82) is 0 Å². The van der Waals surface area contributed by atoms with Crippen LogP contribution >= 0.6 is 0 Å². The van der Waals surface area contributed by atoms with Gasteiger partial charge in [0.15, 0.2) is 5.65 Å². The number of carbonyl (C=O) groups excluding carboxylic acids is 1. The van der Waals surface area contributed by atoms with Crippen LogP contribution in [0.4, 0.5) is 5.95 Å². The van der Waals surface area contributed by atoms with Crippen LogP contribution in [0.15, 0.2) is 18.3 Å².